The number of benzene rings is 2. The molecule has 0 aliphatic heterocycles. The summed E-state index contributed by atoms with van der Waals surface area (Å²) in [5.41, 5.74) is 4.52. The van der Waals surface area contributed by atoms with Gasteiger partial charge in [0.2, 0.25) is 0 Å². The van der Waals surface area contributed by atoms with Crippen LogP contribution in [-0.2, 0) is 0 Å². The average Bonchev–Trinajstić information content (AvgIpc) is 2.22. The largest absolute Gasteiger partial charge is 0.508 e. The summed E-state index contributed by atoms with van der Waals surface area (Å²) in [5, 5.41) is 19.7. The first kappa shape index (κ1) is 11.5. The molecule has 2 aromatic rings. The number of aryl methyl sites for hydroxylation is 3. The second-order valence-electron chi connectivity index (χ2n) is 4.54. The van der Waals surface area contributed by atoms with Crippen LogP contribution >= 0.6 is 0 Å². The normalized spacial score (nSPS) is 10.5. The topological polar surface area (TPSA) is 40.5 Å². The van der Waals surface area contributed by atoms with E-state index in [-0.39, 0.29) is 11.5 Å². The standard InChI is InChI=1S/C15H16O2/c1-9-4-11(3)15(17)14(7-9)12-5-10(2)6-13(16)8-12/h4-8,16-17H,1-3H3. The maximum absolute atomic E-state index is 10.1. The second kappa shape index (κ2) is 4.13. The van der Waals surface area contributed by atoms with Gasteiger partial charge in [0.15, 0.2) is 0 Å². The molecule has 0 saturated carbocycles. The number of phenols is 2. The number of hydrogen-bond donors (Lipinski definition) is 2. The van der Waals surface area contributed by atoms with Gasteiger partial charge in [-0.05, 0) is 61.2 Å². The highest BCUT2D eigenvalue weighted by Gasteiger charge is 2.09. The Morgan fingerprint density at radius 2 is 1.41 bits per heavy atom. The molecule has 0 aliphatic rings. The Balaban J connectivity index is 2.67. The van der Waals surface area contributed by atoms with Crippen molar-refractivity contribution in [1.82, 2.24) is 0 Å². The number of rotatable bonds is 1. The van der Waals surface area contributed by atoms with E-state index < -0.39 is 0 Å². The van der Waals surface area contributed by atoms with E-state index in [9.17, 15) is 10.2 Å². The minimum Gasteiger partial charge on any atom is -0.508 e. The molecule has 2 nitrogen and oxygen atoms in total. The van der Waals surface area contributed by atoms with Crippen molar-refractivity contribution >= 4 is 0 Å². The van der Waals surface area contributed by atoms with Crippen molar-refractivity contribution in [2.24, 2.45) is 0 Å². The Hall–Kier alpha value is -1.96. The van der Waals surface area contributed by atoms with Crippen LogP contribution in [0.15, 0.2) is 30.3 Å². The summed E-state index contributed by atoms with van der Waals surface area (Å²) >= 11 is 0. The smallest absolute Gasteiger partial charge is 0.126 e. The van der Waals surface area contributed by atoms with Gasteiger partial charge in [0.1, 0.15) is 11.5 Å². The van der Waals surface area contributed by atoms with Crippen LogP contribution in [0.1, 0.15) is 16.7 Å². The van der Waals surface area contributed by atoms with E-state index in [1.54, 1.807) is 12.1 Å². The molecule has 0 bridgehead atoms. The van der Waals surface area contributed by atoms with Gasteiger partial charge in [0.05, 0.1) is 0 Å². The summed E-state index contributed by atoms with van der Waals surface area (Å²) in [6, 6.07) is 9.18. The lowest BCUT2D eigenvalue weighted by Gasteiger charge is -2.10. The van der Waals surface area contributed by atoms with Crippen molar-refractivity contribution in [1.29, 1.82) is 0 Å². The quantitative estimate of drug-likeness (QED) is 0.781. The van der Waals surface area contributed by atoms with Gasteiger partial charge >= 0.3 is 0 Å². The monoisotopic (exact) mass is 228 g/mol. The third kappa shape index (κ3) is 2.26. The molecular weight excluding hydrogens is 212 g/mol. The lowest BCUT2D eigenvalue weighted by atomic mass is 9.98. The first-order chi connectivity index (χ1) is 7.97. The van der Waals surface area contributed by atoms with Gasteiger partial charge in [-0.2, -0.15) is 0 Å². The van der Waals surface area contributed by atoms with Crippen molar-refractivity contribution in [3.63, 3.8) is 0 Å². The maximum Gasteiger partial charge on any atom is 0.126 e. The van der Waals surface area contributed by atoms with Crippen LogP contribution in [0.2, 0.25) is 0 Å². The summed E-state index contributed by atoms with van der Waals surface area (Å²) in [6.07, 6.45) is 0. The van der Waals surface area contributed by atoms with Gasteiger partial charge in [-0.1, -0.05) is 12.1 Å². The molecule has 2 rings (SSSR count). The van der Waals surface area contributed by atoms with Crippen molar-refractivity contribution in [3.8, 4) is 22.6 Å². The number of aromatic hydroxyl groups is 2. The third-order valence-electron chi connectivity index (χ3n) is 2.82. The molecule has 0 heterocycles. The van der Waals surface area contributed by atoms with Crippen molar-refractivity contribution in [2.45, 2.75) is 20.8 Å². The van der Waals surface area contributed by atoms with Crippen LogP contribution in [0.5, 0.6) is 11.5 Å². The molecule has 2 aromatic carbocycles. The van der Waals surface area contributed by atoms with Crippen LogP contribution in [-0.4, -0.2) is 10.2 Å². The van der Waals surface area contributed by atoms with Crippen LogP contribution < -0.4 is 0 Å². The summed E-state index contributed by atoms with van der Waals surface area (Å²) in [4.78, 5) is 0. The highest BCUT2D eigenvalue weighted by atomic mass is 16.3. The van der Waals surface area contributed by atoms with E-state index in [4.69, 9.17) is 0 Å². The highest BCUT2D eigenvalue weighted by molar-refractivity contribution is 5.74. The van der Waals surface area contributed by atoms with E-state index in [0.29, 0.717) is 0 Å². The molecule has 0 radical (unpaired) electrons. The van der Waals surface area contributed by atoms with Crippen LogP contribution in [0.25, 0.3) is 11.1 Å². The number of phenolic OH excluding ortho intramolecular Hbond substituents is 2. The fourth-order valence-electron chi connectivity index (χ4n) is 2.10. The molecule has 0 spiro atoms. The molecule has 17 heavy (non-hydrogen) atoms. The molecular formula is C15H16O2. The van der Waals surface area contributed by atoms with Gasteiger partial charge in [-0.3, -0.25) is 0 Å². The van der Waals surface area contributed by atoms with Gasteiger partial charge in [0.25, 0.3) is 0 Å². The summed E-state index contributed by atoms with van der Waals surface area (Å²) in [7, 11) is 0. The Labute approximate surface area is 101 Å². The molecule has 2 N–H and O–H groups in total. The molecule has 0 aliphatic carbocycles. The van der Waals surface area contributed by atoms with E-state index in [1.165, 1.54) is 0 Å². The molecule has 0 aromatic heterocycles. The van der Waals surface area contributed by atoms with Gasteiger partial charge in [0, 0.05) is 5.56 Å². The molecule has 0 atom stereocenters. The van der Waals surface area contributed by atoms with Gasteiger partial charge < -0.3 is 10.2 Å². The Bertz CT molecular complexity index is 551. The number of hydrogen-bond acceptors (Lipinski definition) is 2. The molecule has 0 unspecified atom stereocenters. The van der Waals surface area contributed by atoms with Crippen molar-refractivity contribution < 1.29 is 10.2 Å². The van der Waals surface area contributed by atoms with E-state index >= 15 is 0 Å². The van der Waals surface area contributed by atoms with Crippen LogP contribution in [0.4, 0.5) is 0 Å². The van der Waals surface area contributed by atoms with Crippen LogP contribution in [0, 0.1) is 20.8 Å². The Kier molecular flexibility index (Phi) is 2.80. The fourth-order valence-corrected chi connectivity index (χ4v) is 2.10. The van der Waals surface area contributed by atoms with E-state index in [0.717, 1.165) is 27.8 Å². The van der Waals surface area contributed by atoms with Crippen LogP contribution in [0.3, 0.4) is 0 Å². The molecule has 0 amide bonds. The molecule has 0 fully saturated rings. The van der Waals surface area contributed by atoms with Gasteiger partial charge in [-0.25, -0.2) is 0 Å². The molecule has 2 heteroatoms. The minimum atomic E-state index is 0.221. The predicted octanol–water partition coefficient (Wildman–Crippen LogP) is 3.69. The van der Waals surface area contributed by atoms with E-state index in [1.807, 2.05) is 39.0 Å². The third-order valence-corrected chi connectivity index (χ3v) is 2.82. The average molecular weight is 228 g/mol. The fraction of sp³-hybridized carbons (Fsp3) is 0.200. The highest BCUT2D eigenvalue weighted by Crippen LogP contribution is 2.35. The molecule has 0 saturated heterocycles. The lowest BCUT2D eigenvalue weighted by Crippen LogP contribution is -1.86. The zero-order chi connectivity index (χ0) is 12.6. The zero-order valence-electron chi connectivity index (χ0n) is 10.3. The van der Waals surface area contributed by atoms with Gasteiger partial charge in [-0.15, -0.1) is 0 Å². The first-order valence-electron chi connectivity index (χ1n) is 5.58. The molecule has 88 valence electrons. The van der Waals surface area contributed by atoms with E-state index in [2.05, 4.69) is 0 Å². The SMILES string of the molecule is Cc1cc(O)cc(-c2cc(C)cc(C)c2O)c1. The summed E-state index contributed by atoms with van der Waals surface area (Å²) < 4.78 is 0. The first-order valence-corrected chi connectivity index (χ1v) is 5.58. The van der Waals surface area contributed by atoms with Crippen molar-refractivity contribution in [2.75, 3.05) is 0 Å². The Morgan fingerprint density at radius 1 is 0.765 bits per heavy atom. The Morgan fingerprint density at radius 3 is 2.06 bits per heavy atom. The summed E-state index contributed by atoms with van der Waals surface area (Å²) in [6.45, 7) is 5.79. The maximum atomic E-state index is 10.1. The van der Waals surface area contributed by atoms with Crippen molar-refractivity contribution in [3.05, 3.63) is 47.0 Å². The summed E-state index contributed by atoms with van der Waals surface area (Å²) in [5.74, 6) is 0.499. The second-order valence-corrected chi connectivity index (χ2v) is 4.54. The predicted molar refractivity (Wildman–Crippen MR) is 69.4 cm³/mol. The zero-order valence-corrected chi connectivity index (χ0v) is 10.3. The lowest BCUT2D eigenvalue weighted by molar-refractivity contribution is 0.471. The minimum absolute atomic E-state index is 0.221.